The van der Waals surface area contributed by atoms with Crippen LogP contribution in [0.1, 0.15) is 47.6 Å². The third-order valence-corrected chi connectivity index (χ3v) is 5.94. The largest absolute Gasteiger partial charge is 0.497 e. The second kappa shape index (κ2) is 9.35. The van der Waals surface area contributed by atoms with Crippen LogP contribution in [-0.2, 0) is 6.42 Å². The summed E-state index contributed by atoms with van der Waals surface area (Å²) in [6.07, 6.45) is 2.02. The van der Waals surface area contributed by atoms with E-state index >= 15 is 0 Å². The molecule has 0 radical (unpaired) electrons. The maximum absolute atomic E-state index is 13.5. The van der Waals surface area contributed by atoms with E-state index in [9.17, 15) is 9.90 Å². The number of ether oxygens (including phenoxy) is 1. The molecule has 0 bridgehead atoms. The Balaban J connectivity index is 1.52. The molecule has 1 N–H and O–H groups in total. The van der Waals surface area contributed by atoms with Gasteiger partial charge >= 0.3 is 0 Å². The van der Waals surface area contributed by atoms with Gasteiger partial charge in [0.15, 0.2) is 5.76 Å². The maximum Gasteiger partial charge on any atom is 0.259 e. The van der Waals surface area contributed by atoms with Crippen LogP contribution in [0, 0.1) is 5.92 Å². The van der Waals surface area contributed by atoms with Crippen LogP contribution < -0.4 is 4.74 Å². The molecule has 1 aromatic heterocycles. The normalized spacial score (nSPS) is 15.6. The molecular formula is C25H28N2O4. The van der Waals surface area contributed by atoms with Crippen molar-refractivity contribution in [3.8, 4) is 17.0 Å². The van der Waals surface area contributed by atoms with E-state index < -0.39 is 6.10 Å². The molecule has 2 heterocycles. The summed E-state index contributed by atoms with van der Waals surface area (Å²) in [7, 11) is 1.60. The van der Waals surface area contributed by atoms with Crippen LogP contribution in [0.15, 0.2) is 59.1 Å². The van der Waals surface area contributed by atoms with Gasteiger partial charge in [-0.05, 0) is 61.9 Å². The van der Waals surface area contributed by atoms with Crippen LogP contribution in [-0.4, -0.2) is 41.3 Å². The quantitative estimate of drug-likeness (QED) is 0.636. The lowest BCUT2D eigenvalue weighted by Gasteiger charge is -2.32. The lowest BCUT2D eigenvalue weighted by Crippen LogP contribution is -2.39. The van der Waals surface area contributed by atoms with Gasteiger partial charge < -0.3 is 19.3 Å². The third kappa shape index (κ3) is 4.64. The van der Waals surface area contributed by atoms with E-state index in [4.69, 9.17) is 9.26 Å². The lowest BCUT2D eigenvalue weighted by atomic mass is 9.89. The Kier molecular flexibility index (Phi) is 6.37. The third-order valence-electron chi connectivity index (χ3n) is 5.94. The lowest BCUT2D eigenvalue weighted by molar-refractivity contribution is 0.0680. The summed E-state index contributed by atoms with van der Waals surface area (Å²) < 4.78 is 10.6. The molecule has 0 spiro atoms. The van der Waals surface area contributed by atoms with Crippen molar-refractivity contribution in [2.24, 2.45) is 5.92 Å². The van der Waals surface area contributed by atoms with Gasteiger partial charge in [0.2, 0.25) is 0 Å². The first-order chi connectivity index (χ1) is 15.1. The molecule has 1 atom stereocenters. The molecule has 1 aliphatic rings. The van der Waals surface area contributed by atoms with E-state index in [1.165, 1.54) is 5.56 Å². The highest BCUT2D eigenvalue weighted by Gasteiger charge is 2.32. The van der Waals surface area contributed by atoms with Crippen molar-refractivity contribution in [2.75, 3.05) is 20.2 Å². The van der Waals surface area contributed by atoms with Gasteiger partial charge in [-0.25, -0.2) is 0 Å². The van der Waals surface area contributed by atoms with Crippen molar-refractivity contribution in [3.05, 3.63) is 71.5 Å². The fourth-order valence-electron chi connectivity index (χ4n) is 4.19. The SMILES string of the molecule is COc1ccc(-c2noc(C(C)O)c2C(=O)N2CCC(Cc3ccccc3)CC2)cc1. The summed E-state index contributed by atoms with van der Waals surface area (Å²) in [5.41, 5.74) is 2.89. The predicted molar refractivity (Wildman–Crippen MR) is 118 cm³/mol. The van der Waals surface area contributed by atoms with Crippen LogP contribution in [0.5, 0.6) is 5.75 Å². The number of carbonyl (C=O) groups excluding carboxylic acids is 1. The maximum atomic E-state index is 13.5. The second-order valence-electron chi connectivity index (χ2n) is 8.10. The Bertz CT molecular complexity index is 1000. The summed E-state index contributed by atoms with van der Waals surface area (Å²) in [6.45, 7) is 2.95. The minimum Gasteiger partial charge on any atom is -0.497 e. The van der Waals surface area contributed by atoms with Gasteiger partial charge in [0.05, 0.1) is 7.11 Å². The highest BCUT2D eigenvalue weighted by Crippen LogP contribution is 2.32. The van der Waals surface area contributed by atoms with Crippen molar-refractivity contribution in [1.82, 2.24) is 10.1 Å². The number of nitrogens with zero attached hydrogens (tertiary/aromatic N) is 2. The van der Waals surface area contributed by atoms with Crippen molar-refractivity contribution in [3.63, 3.8) is 0 Å². The van der Waals surface area contributed by atoms with Gasteiger partial charge in [0, 0.05) is 18.7 Å². The Morgan fingerprint density at radius 3 is 2.45 bits per heavy atom. The van der Waals surface area contributed by atoms with Crippen molar-refractivity contribution >= 4 is 5.91 Å². The summed E-state index contributed by atoms with van der Waals surface area (Å²) in [4.78, 5) is 15.3. The monoisotopic (exact) mass is 420 g/mol. The number of carbonyl (C=O) groups is 1. The average molecular weight is 421 g/mol. The van der Waals surface area contributed by atoms with Gasteiger partial charge in [-0.15, -0.1) is 0 Å². The van der Waals surface area contributed by atoms with Gasteiger partial charge in [0.1, 0.15) is 23.1 Å². The van der Waals surface area contributed by atoms with Crippen LogP contribution >= 0.6 is 0 Å². The number of aromatic nitrogens is 1. The topological polar surface area (TPSA) is 75.8 Å². The van der Waals surface area contributed by atoms with E-state index in [0.717, 1.165) is 30.6 Å². The summed E-state index contributed by atoms with van der Waals surface area (Å²) in [6, 6.07) is 17.8. The zero-order valence-corrected chi connectivity index (χ0v) is 18.0. The van der Waals surface area contributed by atoms with Crippen molar-refractivity contribution < 1.29 is 19.2 Å². The Labute approximate surface area is 182 Å². The van der Waals surface area contributed by atoms with E-state index in [1.807, 2.05) is 35.2 Å². The molecule has 6 nitrogen and oxygen atoms in total. The van der Waals surface area contributed by atoms with Crippen LogP contribution in [0.4, 0.5) is 0 Å². The number of hydrogen-bond donors (Lipinski definition) is 1. The Morgan fingerprint density at radius 1 is 1.16 bits per heavy atom. The minimum absolute atomic E-state index is 0.138. The van der Waals surface area contributed by atoms with E-state index in [-0.39, 0.29) is 11.7 Å². The van der Waals surface area contributed by atoms with Gasteiger partial charge in [-0.3, -0.25) is 4.79 Å². The number of aliphatic hydroxyl groups excluding tert-OH is 1. The molecular weight excluding hydrogens is 392 g/mol. The van der Waals surface area contributed by atoms with E-state index in [1.54, 1.807) is 14.0 Å². The first-order valence-electron chi connectivity index (χ1n) is 10.7. The fourth-order valence-corrected chi connectivity index (χ4v) is 4.19. The van der Waals surface area contributed by atoms with Gasteiger partial charge in [0.25, 0.3) is 5.91 Å². The summed E-state index contributed by atoms with van der Waals surface area (Å²) in [5, 5.41) is 14.3. The number of hydrogen-bond acceptors (Lipinski definition) is 5. The standard InChI is InChI=1S/C25H28N2O4/c1-17(28)24-22(23(26-31-24)20-8-10-21(30-2)11-9-20)25(29)27-14-12-19(13-15-27)16-18-6-4-3-5-7-18/h3-11,17,19,28H,12-16H2,1-2H3. The molecule has 1 aliphatic heterocycles. The van der Waals surface area contributed by atoms with Gasteiger partial charge in [-0.1, -0.05) is 35.5 Å². The molecule has 162 valence electrons. The molecule has 31 heavy (non-hydrogen) atoms. The minimum atomic E-state index is -0.922. The molecule has 1 amide bonds. The molecule has 2 aromatic carbocycles. The Hall–Kier alpha value is -3.12. The first kappa shape index (κ1) is 21.1. The molecule has 0 saturated carbocycles. The van der Waals surface area contributed by atoms with Crippen molar-refractivity contribution in [2.45, 2.75) is 32.3 Å². The van der Waals surface area contributed by atoms with Crippen LogP contribution in [0.25, 0.3) is 11.3 Å². The highest BCUT2D eigenvalue weighted by atomic mass is 16.5. The first-order valence-corrected chi connectivity index (χ1v) is 10.7. The zero-order chi connectivity index (χ0) is 21.8. The smallest absolute Gasteiger partial charge is 0.259 e. The fraction of sp³-hybridized carbons (Fsp3) is 0.360. The number of likely N-dealkylation sites (tertiary alicyclic amines) is 1. The number of aliphatic hydroxyl groups is 1. The van der Waals surface area contributed by atoms with E-state index in [2.05, 4.69) is 29.4 Å². The number of methoxy groups -OCH3 is 1. The molecule has 0 aliphatic carbocycles. The van der Waals surface area contributed by atoms with Crippen LogP contribution in [0.3, 0.4) is 0 Å². The predicted octanol–water partition coefficient (Wildman–Crippen LogP) is 4.50. The zero-order valence-electron chi connectivity index (χ0n) is 18.0. The van der Waals surface area contributed by atoms with Crippen LogP contribution in [0.2, 0.25) is 0 Å². The highest BCUT2D eigenvalue weighted by molar-refractivity contribution is 6.01. The van der Waals surface area contributed by atoms with Crippen molar-refractivity contribution in [1.29, 1.82) is 0 Å². The molecule has 3 aromatic rings. The molecule has 1 saturated heterocycles. The number of piperidine rings is 1. The second-order valence-corrected chi connectivity index (χ2v) is 8.10. The summed E-state index contributed by atoms with van der Waals surface area (Å²) in [5.74, 6) is 1.35. The number of amides is 1. The average Bonchev–Trinajstić information content (AvgIpc) is 3.25. The Morgan fingerprint density at radius 2 is 1.84 bits per heavy atom. The summed E-state index contributed by atoms with van der Waals surface area (Å²) >= 11 is 0. The van der Waals surface area contributed by atoms with E-state index in [0.29, 0.717) is 30.3 Å². The molecule has 6 heteroatoms. The molecule has 1 unspecified atom stereocenters. The number of benzene rings is 2. The molecule has 1 fully saturated rings. The molecule has 4 rings (SSSR count). The number of rotatable bonds is 6. The van der Waals surface area contributed by atoms with Gasteiger partial charge in [-0.2, -0.15) is 0 Å².